The van der Waals surface area contributed by atoms with Gasteiger partial charge in [0.1, 0.15) is 11.5 Å². The number of benzene rings is 2. The number of para-hydroxylation sites is 1. The van der Waals surface area contributed by atoms with Crippen LogP contribution in [0.25, 0.3) is 0 Å². The number of hydrogen-bond donors (Lipinski definition) is 0. The van der Waals surface area contributed by atoms with Gasteiger partial charge in [0.25, 0.3) is 5.91 Å². The Morgan fingerprint density at radius 2 is 2.12 bits per heavy atom. The van der Waals surface area contributed by atoms with Crippen LogP contribution in [0.3, 0.4) is 0 Å². The number of aldehydes is 1. The van der Waals surface area contributed by atoms with Crippen LogP contribution in [0.4, 0.5) is 5.69 Å². The summed E-state index contributed by atoms with van der Waals surface area (Å²) in [4.78, 5) is 26.9. The number of rotatable bonds is 5. The second kappa shape index (κ2) is 8.27. The van der Waals surface area contributed by atoms with E-state index in [-0.39, 0.29) is 12.5 Å². The van der Waals surface area contributed by atoms with Gasteiger partial charge in [-0.15, -0.1) is 11.8 Å². The zero-order valence-electron chi connectivity index (χ0n) is 14.8. The van der Waals surface area contributed by atoms with Crippen molar-refractivity contribution in [3.63, 3.8) is 0 Å². The summed E-state index contributed by atoms with van der Waals surface area (Å²) in [5, 5.41) is 0.443. The van der Waals surface area contributed by atoms with Gasteiger partial charge >= 0.3 is 0 Å². The summed E-state index contributed by atoms with van der Waals surface area (Å²) in [6.07, 6.45) is 1.61. The fourth-order valence-electron chi connectivity index (χ4n) is 2.84. The maximum atomic E-state index is 12.8. The quantitative estimate of drug-likeness (QED) is 0.748. The number of hydrogen-bond acceptors (Lipinski definition) is 5. The molecule has 1 aliphatic heterocycles. The predicted molar refractivity (Wildman–Crippen MR) is 103 cm³/mol. The molecule has 2 aromatic carbocycles. The van der Waals surface area contributed by atoms with Crippen LogP contribution in [0.5, 0.6) is 11.5 Å². The number of thioether (sulfide) groups is 1. The topological polar surface area (TPSA) is 55.8 Å². The Morgan fingerprint density at radius 3 is 2.88 bits per heavy atom. The van der Waals surface area contributed by atoms with E-state index in [0.717, 1.165) is 17.0 Å². The molecule has 6 heteroatoms. The molecule has 5 nitrogen and oxygen atoms in total. The molecule has 2 aromatic rings. The molecule has 0 radical (unpaired) electrons. The predicted octanol–water partition coefficient (Wildman–Crippen LogP) is 3.80. The van der Waals surface area contributed by atoms with E-state index in [1.807, 2.05) is 24.3 Å². The van der Waals surface area contributed by atoms with E-state index in [1.165, 1.54) is 7.11 Å². The first-order valence-corrected chi connectivity index (χ1v) is 9.32. The van der Waals surface area contributed by atoms with Crippen LogP contribution in [0, 0.1) is 0 Å². The standard InChI is InChI=1S/C20H21NO4S/c1-14-9-10-21(17-5-3-4-6-19(17)26-14)20(23)13-25-18-8-7-16(24-2)11-15(18)12-22/h3-8,11-12,14H,9-10,13H2,1-2H3/t14-/m0/s1. The Hall–Kier alpha value is -2.47. The molecule has 0 N–H and O–H groups in total. The highest BCUT2D eigenvalue weighted by Gasteiger charge is 2.24. The SMILES string of the molecule is COc1ccc(OCC(=O)N2CC[C@H](C)Sc3ccccc32)c(C=O)c1. The Balaban J connectivity index is 1.75. The number of carbonyl (C=O) groups excluding carboxylic acids is 2. The molecule has 1 heterocycles. The Labute approximate surface area is 157 Å². The lowest BCUT2D eigenvalue weighted by Crippen LogP contribution is -2.36. The van der Waals surface area contributed by atoms with E-state index >= 15 is 0 Å². The minimum atomic E-state index is -0.125. The van der Waals surface area contributed by atoms with Crippen LogP contribution in [0.2, 0.25) is 0 Å². The average Bonchev–Trinajstić information content (AvgIpc) is 2.84. The molecule has 1 atom stereocenters. The van der Waals surface area contributed by atoms with Gasteiger partial charge in [-0.2, -0.15) is 0 Å². The van der Waals surface area contributed by atoms with Crippen molar-refractivity contribution >= 4 is 29.6 Å². The molecule has 26 heavy (non-hydrogen) atoms. The summed E-state index contributed by atoms with van der Waals surface area (Å²) in [6, 6.07) is 12.9. The van der Waals surface area contributed by atoms with Gasteiger partial charge in [-0.25, -0.2) is 0 Å². The van der Waals surface area contributed by atoms with Crippen molar-refractivity contribution in [1.29, 1.82) is 0 Å². The van der Waals surface area contributed by atoms with Crippen molar-refractivity contribution in [2.24, 2.45) is 0 Å². The summed E-state index contributed by atoms with van der Waals surface area (Å²) in [5.74, 6) is 0.818. The molecule has 0 fully saturated rings. The van der Waals surface area contributed by atoms with E-state index in [9.17, 15) is 9.59 Å². The van der Waals surface area contributed by atoms with E-state index in [4.69, 9.17) is 9.47 Å². The Bertz CT molecular complexity index is 808. The first-order valence-electron chi connectivity index (χ1n) is 8.44. The molecule has 1 aliphatic rings. The number of anilines is 1. The zero-order valence-corrected chi connectivity index (χ0v) is 15.6. The molecular weight excluding hydrogens is 350 g/mol. The van der Waals surface area contributed by atoms with Crippen molar-refractivity contribution < 1.29 is 19.1 Å². The molecule has 0 spiro atoms. The molecule has 0 bridgehead atoms. The molecule has 0 aliphatic carbocycles. The van der Waals surface area contributed by atoms with Gasteiger partial charge in [0.2, 0.25) is 0 Å². The minimum Gasteiger partial charge on any atom is -0.497 e. The molecular formula is C20H21NO4S. The van der Waals surface area contributed by atoms with Crippen LogP contribution in [0.1, 0.15) is 23.7 Å². The molecule has 136 valence electrons. The smallest absolute Gasteiger partial charge is 0.264 e. The molecule has 0 unspecified atom stereocenters. The number of fused-ring (bicyclic) bond motifs is 1. The largest absolute Gasteiger partial charge is 0.497 e. The van der Waals surface area contributed by atoms with E-state index in [0.29, 0.717) is 35.1 Å². The third kappa shape index (κ3) is 4.02. The van der Waals surface area contributed by atoms with Crippen LogP contribution >= 0.6 is 11.8 Å². The average molecular weight is 371 g/mol. The number of nitrogens with zero attached hydrogens (tertiary/aromatic N) is 1. The fourth-order valence-corrected chi connectivity index (χ4v) is 3.95. The van der Waals surface area contributed by atoms with Crippen molar-refractivity contribution in [2.75, 3.05) is 25.2 Å². The lowest BCUT2D eigenvalue weighted by atomic mass is 10.2. The van der Waals surface area contributed by atoms with Gasteiger partial charge in [-0.3, -0.25) is 9.59 Å². The summed E-state index contributed by atoms with van der Waals surface area (Å²) < 4.78 is 10.7. The van der Waals surface area contributed by atoms with E-state index < -0.39 is 0 Å². The number of methoxy groups -OCH3 is 1. The van der Waals surface area contributed by atoms with Crippen molar-refractivity contribution in [3.8, 4) is 11.5 Å². The van der Waals surface area contributed by atoms with Gasteiger partial charge in [-0.1, -0.05) is 19.1 Å². The molecule has 0 saturated heterocycles. The van der Waals surface area contributed by atoms with Crippen LogP contribution < -0.4 is 14.4 Å². The zero-order chi connectivity index (χ0) is 18.5. The third-order valence-corrected chi connectivity index (χ3v) is 5.48. The molecule has 0 aromatic heterocycles. The fraction of sp³-hybridized carbons (Fsp3) is 0.300. The normalized spacial score (nSPS) is 16.4. The van der Waals surface area contributed by atoms with Gasteiger partial charge in [0, 0.05) is 16.7 Å². The van der Waals surface area contributed by atoms with Crippen LogP contribution in [-0.4, -0.2) is 37.7 Å². The van der Waals surface area contributed by atoms with Crippen LogP contribution in [0.15, 0.2) is 47.4 Å². The third-order valence-electron chi connectivity index (χ3n) is 4.24. The second-order valence-corrected chi connectivity index (χ2v) is 7.52. The first-order chi connectivity index (χ1) is 12.6. The summed E-state index contributed by atoms with van der Waals surface area (Å²) in [6.45, 7) is 2.69. The van der Waals surface area contributed by atoms with E-state index in [2.05, 4.69) is 6.92 Å². The summed E-state index contributed by atoms with van der Waals surface area (Å²) >= 11 is 1.78. The van der Waals surface area contributed by atoms with Crippen molar-refractivity contribution in [2.45, 2.75) is 23.5 Å². The molecule has 0 saturated carbocycles. The molecule has 1 amide bonds. The Kier molecular flexibility index (Phi) is 5.83. The highest BCUT2D eigenvalue weighted by Crippen LogP contribution is 2.37. The molecule has 3 rings (SSSR count). The number of amides is 1. The van der Waals surface area contributed by atoms with Gasteiger partial charge in [0.05, 0.1) is 18.4 Å². The van der Waals surface area contributed by atoms with Crippen LogP contribution in [-0.2, 0) is 4.79 Å². The summed E-state index contributed by atoms with van der Waals surface area (Å²) in [5.41, 5.74) is 1.28. The van der Waals surface area contributed by atoms with Crippen molar-refractivity contribution in [1.82, 2.24) is 0 Å². The van der Waals surface area contributed by atoms with Gasteiger partial charge in [0.15, 0.2) is 12.9 Å². The number of ether oxygens (including phenoxy) is 2. The van der Waals surface area contributed by atoms with Gasteiger partial charge in [-0.05, 0) is 36.8 Å². The highest BCUT2D eigenvalue weighted by atomic mass is 32.2. The maximum absolute atomic E-state index is 12.8. The highest BCUT2D eigenvalue weighted by molar-refractivity contribution is 8.00. The lowest BCUT2D eigenvalue weighted by molar-refractivity contribution is -0.120. The summed E-state index contributed by atoms with van der Waals surface area (Å²) in [7, 11) is 1.53. The number of carbonyl (C=O) groups is 2. The minimum absolute atomic E-state index is 0.124. The first kappa shape index (κ1) is 18.3. The monoisotopic (exact) mass is 371 g/mol. The maximum Gasteiger partial charge on any atom is 0.264 e. The Morgan fingerprint density at radius 1 is 1.31 bits per heavy atom. The lowest BCUT2D eigenvalue weighted by Gasteiger charge is -2.22. The second-order valence-electron chi connectivity index (χ2n) is 6.04. The van der Waals surface area contributed by atoms with Gasteiger partial charge < -0.3 is 14.4 Å². The van der Waals surface area contributed by atoms with E-state index in [1.54, 1.807) is 34.9 Å². The van der Waals surface area contributed by atoms with Crippen molar-refractivity contribution in [3.05, 3.63) is 48.0 Å².